The minimum absolute atomic E-state index is 0.746. The van der Waals surface area contributed by atoms with Crippen LogP contribution in [0.3, 0.4) is 0 Å². The number of hydrogen-bond acceptors (Lipinski definition) is 3. The molecule has 20 heavy (non-hydrogen) atoms. The van der Waals surface area contributed by atoms with Gasteiger partial charge in [-0.15, -0.1) is 0 Å². The molecule has 3 aromatic rings. The van der Waals surface area contributed by atoms with E-state index in [2.05, 4.69) is 28.5 Å². The third-order valence-electron chi connectivity index (χ3n) is 3.94. The highest BCUT2D eigenvalue weighted by Gasteiger charge is 2.13. The summed E-state index contributed by atoms with van der Waals surface area (Å²) in [5.74, 6) is 0.994. The molecule has 2 aromatic heterocycles. The van der Waals surface area contributed by atoms with Crippen LogP contribution >= 0.6 is 0 Å². The second kappa shape index (κ2) is 4.37. The average molecular weight is 269 g/mol. The number of fused-ring (bicyclic) bond motifs is 1. The molecule has 0 aliphatic carbocycles. The smallest absolute Gasteiger partial charge is 0.107 e. The number of aromatic nitrogens is 4. The van der Waals surface area contributed by atoms with E-state index >= 15 is 0 Å². The van der Waals surface area contributed by atoms with Gasteiger partial charge in [0.2, 0.25) is 0 Å². The van der Waals surface area contributed by atoms with Gasteiger partial charge in [-0.1, -0.05) is 0 Å². The van der Waals surface area contributed by atoms with E-state index in [1.165, 1.54) is 11.3 Å². The highest BCUT2D eigenvalue weighted by atomic mass is 15.3. The van der Waals surface area contributed by atoms with Crippen LogP contribution in [0, 0.1) is 20.8 Å². The lowest BCUT2D eigenvalue weighted by atomic mass is 10.2. The van der Waals surface area contributed by atoms with E-state index in [9.17, 15) is 0 Å². The van der Waals surface area contributed by atoms with Crippen LogP contribution in [0.5, 0.6) is 0 Å². The van der Waals surface area contributed by atoms with Crippen molar-refractivity contribution >= 4 is 16.7 Å². The van der Waals surface area contributed by atoms with Crippen LogP contribution < -0.4 is 5.73 Å². The number of nitrogens with zero attached hydrogens (tertiary/aromatic N) is 4. The number of anilines is 1. The quantitative estimate of drug-likeness (QED) is 0.726. The predicted octanol–water partition coefficient (Wildman–Crippen LogP) is 2.33. The second-order valence-electron chi connectivity index (χ2n) is 5.27. The number of hydrogen-bond donors (Lipinski definition) is 1. The van der Waals surface area contributed by atoms with Crippen molar-refractivity contribution in [1.29, 1.82) is 0 Å². The molecule has 0 amide bonds. The molecule has 3 rings (SSSR count). The summed E-state index contributed by atoms with van der Waals surface area (Å²) in [6.07, 6.45) is 0. The summed E-state index contributed by atoms with van der Waals surface area (Å²) in [6.45, 7) is 6.96. The monoisotopic (exact) mass is 269 g/mol. The van der Waals surface area contributed by atoms with Crippen molar-refractivity contribution in [3.8, 4) is 0 Å². The number of imidazole rings is 1. The van der Waals surface area contributed by atoms with E-state index in [4.69, 9.17) is 5.73 Å². The van der Waals surface area contributed by atoms with Crippen molar-refractivity contribution in [3.63, 3.8) is 0 Å². The number of benzene rings is 1. The van der Waals surface area contributed by atoms with Crippen molar-refractivity contribution < 1.29 is 0 Å². The van der Waals surface area contributed by atoms with E-state index in [1.54, 1.807) is 0 Å². The molecule has 0 bridgehead atoms. The van der Waals surface area contributed by atoms with Gasteiger partial charge < -0.3 is 10.3 Å². The van der Waals surface area contributed by atoms with E-state index in [-0.39, 0.29) is 0 Å². The number of rotatable bonds is 2. The molecule has 0 spiro atoms. The molecule has 0 saturated carbocycles. The summed E-state index contributed by atoms with van der Waals surface area (Å²) >= 11 is 0. The van der Waals surface area contributed by atoms with Gasteiger partial charge >= 0.3 is 0 Å². The molecule has 0 aliphatic rings. The van der Waals surface area contributed by atoms with Gasteiger partial charge in [0.1, 0.15) is 5.82 Å². The minimum Gasteiger partial charge on any atom is -0.399 e. The highest BCUT2D eigenvalue weighted by molar-refractivity contribution is 5.79. The third-order valence-corrected chi connectivity index (χ3v) is 3.94. The lowest BCUT2D eigenvalue weighted by Gasteiger charge is -2.08. The predicted molar refractivity (Wildman–Crippen MR) is 80.7 cm³/mol. The Morgan fingerprint density at radius 2 is 1.95 bits per heavy atom. The molecule has 5 heteroatoms. The fourth-order valence-corrected chi connectivity index (χ4v) is 2.67. The van der Waals surface area contributed by atoms with Crippen LogP contribution in [0.15, 0.2) is 18.2 Å². The molecular formula is C15H19N5. The zero-order chi connectivity index (χ0) is 14.4. The summed E-state index contributed by atoms with van der Waals surface area (Å²) in [5, 5.41) is 4.48. The Morgan fingerprint density at radius 3 is 2.60 bits per heavy atom. The van der Waals surface area contributed by atoms with Gasteiger partial charge in [0.25, 0.3) is 0 Å². The minimum atomic E-state index is 0.746. The van der Waals surface area contributed by atoms with Gasteiger partial charge in [0, 0.05) is 24.0 Å². The van der Waals surface area contributed by atoms with Crippen molar-refractivity contribution in [2.24, 2.45) is 7.05 Å². The third kappa shape index (κ3) is 1.86. The van der Waals surface area contributed by atoms with Crippen LogP contribution in [0.25, 0.3) is 11.0 Å². The molecule has 5 nitrogen and oxygen atoms in total. The van der Waals surface area contributed by atoms with Gasteiger partial charge in [-0.3, -0.25) is 4.68 Å². The van der Waals surface area contributed by atoms with Gasteiger partial charge in [0.05, 0.1) is 23.3 Å². The highest BCUT2D eigenvalue weighted by Crippen LogP contribution is 2.22. The van der Waals surface area contributed by atoms with Crippen LogP contribution in [0.2, 0.25) is 0 Å². The van der Waals surface area contributed by atoms with Crippen molar-refractivity contribution in [1.82, 2.24) is 19.3 Å². The first-order chi connectivity index (χ1) is 9.47. The molecule has 0 aliphatic heterocycles. The fourth-order valence-electron chi connectivity index (χ4n) is 2.67. The summed E-state index contributed by atoms with van der Waals surface area (Å²) < 4.78 is 4.14. The maximum atomic E-state index is 5.82. The Balaban J connectivity index is 2.13. The molecule has 1 aromatic carbocycles. The molecular weight excluding hydrogens is 250 g/mol. The van der Waals surface area contributed by atoms with Gasteiger partial charge in [-0.05, 0) is 39.0 Å². The second-order valence-corrected chi connectivity index (χ2v) is 5.27. The lowest BCUT2D eigenvalue weighted by Crippen LogP contribution is -2.04. The largest absolute Gasteiger partial charge is 0.399 e. The molecule has 0 radical (unpaired) electrons. The van der Waals surface area contributed by atoms with E-state index in [0.29, 0.717) is 0 Å². The first kappa shape index (κ1) is 12.7. The Kier molecular flexibility index (Phi) is 2.78. The van der Waals surface area contributed by atoms with Gasteiger partial charge in [-0.25, -0.2) is 4.98 Å². The molecule has 2 heterocycles. The lowest BCUT2D eigenvalue weighted by molar-refractivity contribution is 0.726. The van der Waals surface area contributed by atoms with Crippen molar-refractivity contribution in [3.05, 3.63) is 41.0 Å². The SMILES string of the molecule is Cc1nn(C)c(C)c1Cn1c(C)nc2cc(N)ccc21. The van der Waals surface area contributed by atoms with E-state index in [1.807, 2.05) is 36.9 Å². The molecule has 0 saturated heterocycles. The average Bonchev–Trinajstić information content (AvgIpc) is 2.81. The van der Waals surface area contributed by atoms with Gasteiger partial charge in [0.15, 0.2) is 0 Å². The van der Waals surface area contributed by atoms with Crippen LogP contribution in [0.1, 0.15) is 22.8 Å². The Hall–Kier alpha value is -2.30. The maximum Gasteiger partial charge on any atom is 0.107 e. The van der Waals surface area contributed by atoms with E-state index < -0.39 is 0 Å². The molecule has 0 unspecified atom stereocenters. The standard InChI is InChI=1S/C15H19N5/c1-9-13(10(2)19(4)18-9)8-20-11(3)17-14-7-12(16)5-6-15(14)20/h5-7H,8,16H2,1-4H3. The Morgan fingerprint density at radius 1 is 1.20 bits per heavy atom. The Labute approximate surface area is 118 Å². The zero-order valence-electron chi connectivity index (χ0n) is 12.3. The summed E-state index contributed by atoms with van der Waals surface area (Å²) in [7, 11) is 1.98. The molecule has 104 valence electrons. The summed E-state index contributed by atoms with van der Waals surface area (Å²) in [5.41, 5.74) is 12.1. The first-order valence-corrected chi connectivity index (χ1v) is 6.69. The van der Waals surface area contributed by atoms with Crippen LogP contribution in [-0.4, -0.2) is 19.3 Å². The number of nitrogen functional groups attached to an aromatic ring is 1. The number of aryl methyl sites for hydroxylation is 3. The van der Waals surface area contributed by atoms with E-state index in [0.717, 1.165) is 34.8 Å². The summed E-state index contributed by atoms with van der Waals surface area (Å²) in [6, 6.07) is 5.87. The molecule has 0 atom stereocenters. The zero-order valence-corrected chi connectivity index (χ0v) is 12.3. The van der Waals surface area contributed by atoms with Crippen LogP contribution in [-0.2, 0) is 13.6 Å². The topological polar surface area (TPSA) is 61.7 Å². The Bertz CT molecular complexity index is 794. The fraction of sp³-hybridized carbons (Fsp3) is 0.333. The van der Waals surface area contributed by atoms with Gasteiger partial charge in [-0.2, -0.15) is 5.10 Å². The van der Waals surface area contributed by atoms with Crippen molar-refractivity contribution in [2.75, 3.05) is 5.73 Å². The first-order valence-electron chi connectivity index (χ1n) is 6.69. The summed E-state index contributed by atoms with van der Waals surface area (Å²) in [4.78, 5) is 4.59. The molecule has 2 N–H and O–H groups in total. The normalized spacial score (nSPS) is 11.4. The molecule has 0 fully saturated rings. The number of nitrogens with two attached hydrogens (primary N) is 1. The van der Waals surface area contributed by atoms with Crippen molar-refractivity contribution in [2.45, 2.75) is 27.3 Å². The van der Waals surface area contributed by atoms with Crippen LogP contribution in [0.4, 0.5) is 5.69 Å². The maximum absolute atomic E-state index is 5.82.